The molecule has 0 aromatic heterocycles. The molecule has 0 unspecified atom stereocenters. The fourth-order valence-electron chi connectivity index (χ4n) is 1.92. The maximum atomic E-state index is 13.2. The van der Waals surface area contributed by atoms with Gasteiger partial charge >= 0.3 is 0 Å². The molecule has 0 fully saturated rings. The number of aromatic hydroxyl groups is 1. The largest absolute Gasteiger partial charge is 0.507 e. The second-order valence-electron chi connectivity index (χ2n) is 4.60. The first kappa shape index (κ1) is 15.0. The summed E-state index contributed by atoms with van der Waals surface area (Å²) < 4.78 is 13.2. The molecule has 1 amide bonds. The normalized spacial score (nSPS) is 10.4. The van der Waals surface area contributed by atoms with Crippen molar-refractivity contribution in [3.05, 3.63) is 59.4 Å². The summed E-state index contributed by atoms with van der Waals surface area (Å²) in [7, 11) is 0. The Morgan fingerprint density at radius 3 is 2.81 bits per heavy atom. The number of amides is 1. The summed E-state index contributed by atoms with van der Waals surface area (Å²) in [5.41, 5.74) is 1.53. The summed E-state index contributed by atoms with van der Waals surface area (Å²) >= 11 is 0. The molecule has 0 spiro atoms. The number of hydrogen-bond donors (Lipinski definition) is 3. The summed E-state index contributed by atoms with van der Waals surface area (Å²) in [6.07, 6.45) is 0. The van der Waals surface area contributed by atoms with Crippen LogP contribution in [0, 0.1) is 5.82 Å². The Bertz CT molecular complexity index is 644. The second kappa shape index (κ2) is 6.85. The Morgan fingerprint density at radius 2 is 2.05 bits per heavy atom. The molecule has 5 heteroatoms. The number of halogens is 1. The Labute approximate surface area is 122 Å². The van der Waals surface area contributed by atoms with Gasteiger partial charge in [0.15, 0.2) is 0 Å². The van der Waals surface area contributed by atoms with Crippen LogP contribution in [0.1, 0.15) is 22.8 Å². The van der Waals surface area contributed by atoms with Crippen LogP contribution in [0.4, 0.5) is 10.1 Å². The number of rotatable bonds is 5. The molecule has 0 heterocycles. The molecule has 0 aliphatic heterocycles. The standard InChI is InChI=1S/C16H17FN2O2/c1-2-18-10-11-4-3-5-13(8-11)19-16(21)14-9-12(17)6-7-15(14)20/h3-9,18,20H,2,10H2,1H3,(H,19,21). The highest BCUT2D eigenvalue weighted by atomic mass is 19.1. The van der Waals surface area contributed by atoms with Gasteiger partial charge in [0.2, 0.25) is 0 Å². The zero-order chi connectivity index (χ0) is 15.2. The molecule has 2 aromatic carbocycles. The van der Waals surface area contributed by atoms with Gasteiger partial charge in [-0.15, -0.1) is 0 Å². The minimum atomic E-state index is -0.571. The lowest BCUT2D eigenvalue weighted by atomic mass is 10.1. The first-order chi connectivity index (χ1) is 10.1. The molecule has 4 nitrogen and oxygen atoms in total. The van der Waals surface area contributed by atoms with Crippen molar-refractivity contribution in [2.45, 2.75) is 13.5 Å². The minimum absolute atomic E-state index is 0.0907. The molecule has 0 aliphatic carbocycles. The fourth-order valence-corrected chi connectivity index (χ4v) is 1.92. The molecular formula is C16H17FN2O2. The van der Waals surface area contributed by atoms with Gasteiger partial charge in [-0.3, -0.25) is 4.79 Å². The molecule has 0 aliphatic rings. The maximum absolute atomic E-state index is 13.2. The number of carbonyl (C=O) groups is 1. The average Bonchev–Trinajstić information content (AvgIpc) is 2.48. The van der Waals surface area contributed by atoms with E-state index in [9.17, 15) is 14.3 Å². The lowest BCUT2D eigenvalue weighted by molar-refractivity contribution is 0.102. The molecule has 0 saturated heterocycles. The van der Waals surface area contributed by atoms with E-state index < -0.39 is 11.7 Å². The van der Waals surface area contributed by atoms with Crippen LogP contribution in [-0.2, 0) is 6.54 Å². The molecule has 2 aromatic rings. The highest BCUT2D eigenvalue weighted by Crippen LogP contribution is 2.20. The maximum Gasteiger partial charge on any atom is 0.259 e. The van der Waals surface area contributed by atoms with Crippen LogP contribution in [0.5, 0.6) is 5.75 Å². The quantitative estimate of drug-likeness (QED) is 0.793. The summed E-state index contributed by atoms with van der Waals surface area (Å²) in [6, 6.07) is 10.6. The van der Waals surface area contributed by atoms with E-state index in [1.807, 2.05) is 25.1 Å². The third-order valence-electron chi connectivity index (χ3n) is 2.97. The van der Waals surface area contributed by atoms with E-state index in [0.29, 0.717) is 12.2 Å². The van der Waals surface area contributed by atoms with Gasteiger partial charge in [0.1, 0.15) is 11.6 Å². The van der Waals surface area contributed by atoms with E-state index in [2.05, 4.69) is 10.6 Å². The van der Waals surface area contributed by atoms with Crippen LogP contribution in [-0.4, -0.2) is 17.6 Å². The smallest absolute Gasteiger partial charge is 0.259 e. The van der Waals surface area contributed by atoms with Crippen molar-refractivity contribution in [3.8, 4) is 5.75 Å². The van der Waals surface area contributed by atoms with E-state index >= 15 is 0 Å². The van der Waals surface area contributed by atoms with Crippen LogP contribution < -0.4 is 10.6 Å². The Morgan fingerprint density at radius 1 is 1.24 bits per heavy atom. The van der Waals surface area contributed by atoms with Crippen molar-refractivity contribution in [1.29, 1.82) is 0 Å². The van der Waals surface area contributed by atoms with E-state index in [-0.39, 0.29) is 11.3 Å². The third kappa shape index (κ3) is 4.03. The highest BCUT2D eigenvalue weighted by molar-refractivity contribution is 6.06. The number of carbonyl (C=O) groups excluding carboxylic acids is 1. The third-order valence-corrected chi connectivity index (χ3v) is 2.97. The molecule has 21 heavy (non-hydrogen) atoms. The van der Waals surface area contributed by atoms with Crippen LogP contribution >= 0.6 is 0 Å². The van der Waals surface area contributed by atoms with E-state index in [0.717, 1.165) is 30.3 Å². The van der Waals surface area contributed by atoms with Gasteiger partial charge in [-0.05, 0) is 42.4 Å². The molecule has 0 saturated carbocycles. The second-order valence-corrected chi connectivity index (χ2v) is 4.60. The van der Waals surface area contributed by atoms with Gasteiger partial charge in [0, 0.05) is 12.2 Å². The highest BCUT2D eigenvalue weighted by Gasteiger charge is 2.12. The van der Waals surface area contributed by atoms with Crippen LogP contribution in [0.3, 0.4) is 0 Å². The average molecular weight is 288 g/mol. The summed E-state index contributed by atoms with van der Waals surface area (Å²) in [5.74, 6) is -1.37. The van der Waals surface area contributed by atoms with Crippen molar-refractivity contribution in [2.24, 2.45) is 0 Å². The van der Waals surface area contributed by atoms with Gasteiger partial charge in [-0.1, -0.05) is 19.1 Å². The van der Waals surface area contributed by atoms with Gasteiger partial charge < -0.3 is 15.7 Å². The monoisotopic (exact) mass is 288 g/mol. The fraction of sp³-hybridized carbons (Fsp3) is 0.188. The predicted molar refractivity (Wildman–Crippen MR) is 79.8 cm³/mol. The zero-order valence-electron chi connectivity index (χ0n) is 11.7. The molecule has 0 bridgehead atoms. The number of phenolic OH excluding ortho intramolecular Hbond substituents is 1. The van der Waals surface area contributed by atoms with Crippen molar-refractivity contribution >= 4 is 11.6 Å². The molecular weight excluding hydrogens is 271 g/mol. The minimum Gasteiger partial charge on any atom is -0.507 e. The SMILES string of the molecule is CCNCc1cccc(NC(=O)c2cc(F)ccc2O)c1. The first-order valence-corrected chi connectivity index (χ1v) is 6.69. The molecule has 0 radical (unpaired) electrons. The van der Waals surface area contributed by atoms with Crippen LogP contribution in [0.25, 0.3) is 0 Å². The Balaban J connectivity index is 2.14. The Kier molecular flexibility index (Phi) is 4.90. The van der Waals surface area contributed by atoms with Crippen molar-refractivity contribution in [1.82, 2.24) is 5.32 Å². The lowest BCUT2D eigenvalue weighted by Crippen LogP contribution is -2.14. The van der Waals surface area contributed by atoms with Gasteiger partial charge in [-0.25, -0.2) is 4.39 Å². The molecule has 3 N–H and O–H groups in total. The molecule has 0 atom stereocenters. The predicted octanol–water partition coefficient (Wildman–Crippen LogP) is 2.89. The summed E-state index contributed by atoms with van der Waals surface area (Å²) in [5, 5.41) is 15.5. The number of anilines is 1. The molecule has 2 rings (SSSR count). The summed E-state index contributed by atoms with van der Waals surface area (Å²) in [6.45, 7) is 3.57. The summed E-state index contributed by atoms with van der Waals surface area (Å²) in [4.78, 5) is 12.1. The number of phenols is 1. The van der Waals surface area contributed by atoms with E-state index in [1.54, 1.807) is 6.07 Å². The van der Waals surface area contributed by atoms with E-state index in [4.69, 9.17) is 0 Å². The lowest BCUT2D eigenvalue weighted by Gasteiger charge is -2.09. The number of nitrogens with one attached hydrogen (secondary N) is 2. The first-order valence-electron chi connectivity index (χ1n) is 6.69. The van der Waals surface area contributed by atoms with Crippen LogP contribution in [0.15, 0.2) is 42.5 Å². The topological polar surface area (TPSA) is 61.4 Å². The van der Waals surface area contributed by atoms with Gasteiger partial charge in [0.25, 0.3) is 5.91 Å². The van der Waals surface area contributed by atoms with Crippen LogP contribution in [0.2, 0.25) is 0 Å². The van der Waals surface area contributed by atoms with Crippen molar-refractivity contribution in [2.75, 3.05) is 11.9 Å². The Hall–Kier alpha value is -2.40. The van der Waals surface area contributed by atoms with Gasteiger partial charge in [-0.2, -0.15) is 0 Å². The van der Waals surface area contributed by atoms with E-state index in [1.165, 1.54) is 0 Å². The number of hydrogen-bond acceptors (Lipinski definition) is 3. The van der Waals surface area contributed by atoms with Gasteiger partial charge in [0.05, 0.1) is 5.56 Å². The van der Waals surface area contributed by atoms with Crippen molar-refractivity contribution < 1.29 is 14.3 Å². The molecule has 110 valence electrons. The van der Waals surface area contributed by atoms with Crippen molar-refractivity contribution in [3.63, 3.8) is 0 Å². The zero-order valence-corrected chi connectivity index (χ0v) is 11.7. The number of benzene rings is 2.